The number of hydrogen-bond acceptors (Lipinski definition) is 8. The zero-order chi connectivity index (χ0) is 23.4. The summed E-state index contributed by atoms with van der Waals surface area (Å²) in [7, 11) is 1.58. The van der Waals surface area contributed by atoms with Crippen LogP contribution in [0.4, 0.5) is 0 Å². The number of carbonyl (C=O) groups is 3. The van der Waals surface area contributed by atoms with Crippen LogP contribution in [0.15, 0.2) is 39.6 Å². The molecule has 4 heterocycles. The second kappa shape index (κ2) is 9.78. The Morgan fingerprint density at radius 1 is 1.30 bits per heavy atom. The van der Waals surface area contributed by atoms with Gasteiger partial charge in [-0.15, -0.1) is 0 Å². The standard InChI is InChI=1S/C23H29N3O7/c1-3-31-21(28)16-15-23(9-4-5-11-25(22(23)29)12-14-30-2)26(19(16)17-7-6-13-32-17)20(27)18-8-10-24-33-18/h6-8,10,13,16,19H,3-5,9,11-12,14-15H2,1-2H3/t16-,19+,23-/m0/s1. The number of esters is 1. The summed E-state index contributed by atoms with van der Waals surface area (Å²) in [5.74, 6) is -1.54. The molecule has 0 unspecified atom stereocenters. The second-order valence-electron chi connectivity index (χ2n) is 8.35. The molecule has 0 N–H and O–H groups in total. The van der Waals surface area contributed by atoms with E-state index in [4.69, 9.17) is 18.4 Å². The highest BCUT2D eigenvalue weighted by Gasteiger charge is 2.62. The summed E-state index contributed by atoms with van der Waals surface area (Å²) >= 11 is 0. The van der Waals surface area contributed by atoms with Gasteiger partial charge in [-0.05, 0) is 44.7 Å². The Bertz CT molecular complexity index is 959. The fourth-order valence-corrected chi connectivity index (χ4v) is 5.08. The summed E-state index contributed by atoms with van der Waals surface area (Å²) in [5, 5.41) is 3.66. The molecule has 4 rings (SSSR count). The van der Waals surface area contributed by atoms with Crippen molar-refractivity contribution in [2.45, 2.75) is 44.2 Å². The molecule has 10 nitrogen and oxygen atoms in total. The van der Waals surface area contributed by atoms with Crippen molar-refractivity contribution in [1.29, 1.82) is 0 Å². The van der Waals surface area contributed by atoms with E-state index < -0.39 is 29.4 Å². The normalized spacial score (nSPS) is 25.5. The lowest BCUT2D eigenvalue weighted by molar-refractivity contribution is -0.149. The van der Waals surface area contributed by atoms with Crippen LogP contribution >= 0.6 is 0 Å². The molecule has 2 aromatic heterocycles. The molecular formula is C23H29N3O7. The highest BCUT2D eigenvalue weighted by atomic mass is 16.5. The Labute approximate surface area is 191 Å². The van der Waals surface area contributed by atoms with Gasteiger partial charge >= 0.3 is 5.97 Å². The zero-order valence-electron chi connectivity index (χ0n) is 18.9. The summed E-state index contributed by atoms with van der Waals surface area (Å²) in [5.41, 5.74) is -1.25. The molecule has 0 aliphatic carbocycles. The summed E-state index contributed by atoms with van der Waals surface area (Å²) in [6, 6.07) is 4.04. The predicted octanol–water partition coefficient (Wildman–Crippen LogP) is 2.43. The number of amides is 2. The lowest BCUT2D eigenvalue weighted by atomic mass is 9.85. The molecule has 33 heavy (non-hydrogen) atoms. The van der Waals surface area contributed by atoms with Crippen molar-refractivity contribution in [2.24, 2.45) is 5.92 Å². The van der Waals surface area contributed by atoms with E-state index in [1.54, 1.807) is 31.1 Å². The van der Waals surface area contributed by atoms with E-state index in [9.17, 15) is 14.4 Å². The van der Waals surface area contributed by atoms with Crippen molar-refractivity contribution in [3.05, 3.63) is 42.2 Å². The van der Waals surface area contributed by atoms with Crippen LogP contribution in [0.1, 0.15) is 55.0 Å². The molecule has 3 atom stereocenters. The van der Waals surface area contributed by atoms with Crippen LogP contribution in [-0.2, 0) is 19.1 Å². The zero-order valence-corrected chi connectivity index (χ0v) is 18.9. The highest BCUT2D eigenvalue weighted by Crippen LogP contribution is 2.51. The summed E-state index contributed by atoms with van der Waals surface area (Å²) < 4.78 is 21.4. The van der Waals surface area contributed by atoms with Gasteiger partial charge in [-0.3, -0.25) is 14.4 Å². The van der Waals surface area contributed by atoms with E-state index in [2.05, 4.69) is 5.16 Å². The Morgan fingerprint density at radius 2 is 2.15 bits per heavy atom. The van der Waals surface area contributed by atoms with E-state index in [1.807, 2.05) is 0 Å². The lowest BCUT2D eigenvalue weighted by Crippen LogP contribution is -2.58. The topological polar surface area (TPSA) is 115 Å². The third kappa shape index (κ3) is 4.15. The summed E-state index contributed by atoms with van der Waals surface area (Å²) in [6.07, 6.45) is 4.93. The van der Waals surface area contributed by atoms with Crippen molar-refractivity contribution in [3.8, 4) is 0 Å². The summed E-state index contributed by atoms with van der Waals surface area (Å²) in [6.45, 7) is 3.25. The fourth-order valence-electron chi connectivity index (χ4n) is 5.08. The molecule has 0 radical (unpaired) electrons. The molecule has 2 saturated heterocycles. The van der Waals surface area contributed by atoms with Gasteiger partial charge in [0.25, 0.3) is 5.91 Å². The van der Waals surface area contributed by atoms with Gasteiger partial charge < -0.3 is 28.2 Å². The van der Waals surface area contributed by atoms with E-state index in [0.29, 0.717) is 31.9 Å². The number of likely N-dealkylation sites (tertiary alicyclic amines) is 2. The Hall–Kier alpha value is -3.14. The minimum Gasteiger partial charge on any atom is -0.467 e. The van der Waals surface area contributed by atoms with Crippen LogP contribution < -0.4 is 0 Å². The lowest BCUT2D eigenvalue weighted by Gasteiger charge is -2.40. The van der Waals surface area contributed by atoms with Crippen molar-refractivity contribution in [1.82, 2.24) is 15.0 Å². The van der Waals surface area contributed by atoms with Gasteiger partial charge in [-0.25, -0.2) is 0 Å². The Morgan fingerprint density at radius 3 is 2.82 bits per heavy atom. The van der Waals surface area contributed by atoms with Crippen molar-refractivity contribution >= 4 is 17.8 Å². The molecule has 1 spiro atoms. The predicted molar refractivity (Wildman–Crippen MR) is 114 cm³/mol. The van der Waals surface area contributed by atoms with Gasteiger partial charge in [0.15, 0.2) is 0 Å². The molecule has 178 valence electrons. The maximum Gasteiger partial charge on any atom is 0.311 e. The first-order valence-electron chi connectivity index (χ1n) is 11.3. The SMILES string of the molecule is CCOC(=O)[C@H]1C[C@]2(CCCCN(CCOC)C2=O)N(C(=O)c2ccno2)[C@H]1c1ccco1. The van der Waals surface area contributed by atoms with Crippen LogP contribution in [0.5, 0.6) is 0 Å². The van der Waals surface area contributed by atoms with Crippen LogP contribution in [0.2, 0.25) is 0 Å². The second-order valence-corrected chi connectivity index (χ2v) is 8.35. The third-order valence-electron chi connectivity index (χ3n) is 6.49. The van der Waals surface area contributed by atoms with Gasteiger partial charge in [0.05, 0.1) is 31.6 Å². The maximum absolute atomic E-state index is 14.0. The highest BCUT2D eigenvalue weighted by molar-refractivity contribution is 5.99. The van der Waals surface area contributed by atoms with E-state index in [1.165, 1.54) is 23.4 Å². The first-order valence-corrected chi connectivity index (χ1v) is 11.3. The number of aromatic nitrogens is 1. The summed E-state index contributed by atoms with van der Waals surface area (Å²) in [4.78, 5) is 44.2. The number of ether oxygens (including phenoxy) is 2. The molecule has 2 aromatic rings. The Balaban J connectivity index is 1.85. The average molecular weight is 459 g/mol. The number of carbonyl (C=O) groups excluding carboxylic acids is 3. The molecule has 0 bridgehead atoms. The number of nitrogens with zero attached hydrogens (tertiary/aromatic N) is 3. The number of furan rings is 1. The minimum atomic E-state index is -1.25. The van der Waals surface area contributed by atoms with E-state index in [-0.39, 0.29) is 24.7 Å². The Kier molecular flexibility index (Phi) is 6.83. The number of hydrogen-bond donors (Lipinski definition) is 0. The maximum atomic E-state index is 14.0. The van der Waals surface area contributed by atoms with Gasteiger partial charge in [-0.1, -0.05) is 5.16 Å². The largest absolute Gasteiger partial charge is 0.467 e. The fraction of sp³-hybridized carbons (Fsp3) is 0.565. The molecule has 0 aromatic carbocycles. The van der Waals surface area contributed by atoms with Gasteiger partial charge in [0.2, 0.25) is 11.7 Å². The van der Waals surface area contributed by atoms with Gasteiger partial charge in [0.1, 0.15) is 17.3 Å². The van der Waals surface area contributed by atoms with Crippen molar-refractivity contribution < 1.29 is 32.8 Å². The average Bonchev–Trinajstić information content (AvgIpc) is 3.56. The molecule has 2 fully saturated rings. The molecule has 2 amide bonds. The van der Waals surface area contributed by atoms with Crippen LogP contribution in [0.25, 0.3) is 0 Å². The molecular weight excluding hydrogens is 430 g/mol. The number of rotatable bonds is 7. The molecule has 2 aliphatic rings. The van der Waals surface area contributed by atoms with Crippen LogP contribution in [-0.4, -0.2) is 71.7 Å². The smallest absolute Gasteiger partial charge is 0.311 e. The molecule has 0 saturated carbocycles. The molecule has 2 aliphatic heterocycles. The van der Waals surface area contributed by atoms with Gasteiger partial charge in [0, 0.05) is 26.3 Å². The first kappa shape index (κ1) is 23.0. The third-order valence-corrected chi connectivity index (χ3v) is 6.49. The molecule has 10 heteroatoms. The minimum absolute atomic E-state index is 0.00377. The van der Waals surface area contributed by atoms with Crippen molar-refractivity contribution in [2.75, 3.05) is 33.4 Å². The van der Waals surface area contributed by atoms with E-state index >= 15 is 0 Å². The van der Waals surface area contributed by atoms with Crippen LogP contribution in [0, 0.1) is 5.92 Å². The first-order chi connectivity index (χ1) is 16.0. The van der Waals surface area contributed by atoms with Gasteiger partial charge in [-0.2, -0.15) is 0 Å². The van der Waals surface area contributed by atoms with Crippen molar-refractivity contribution in [3.63, 3.8) is 0 Å². The number of methoxy groups -OCH3 is 1. The van der Waals surface area contributed by atoms with Crippen LogP contribution in [0.3, 0.4) is 0 Å². The quantitative estimate of drug-likeness (QED) is 0.580. The van der Waals surface area contributed by atoms with E-state index in [0.717, 1.165) is 12.8 Å². The monoisotopic (exact) mass is 459 g/mol.